The lowest BCUT2D eigenvalue weighted by Gasteiger charge is -2.20. The third kappa shape index (κ3) is 2.09. The number of hydrogen-bond donors (Lipinski definition) is 1. The van der Waals surface area contributed by atoms with Crippen molar-refractivity contribution in [3.8, 4) is 0 Å². The summed E-state index contributed by atoms with van der Waals surface area (Å²) in [7, 11) is 0. The van der Waals surface area contributed by atoms with Crippen LogP contribution in [0.3, 0.4) is 0 Å². The molecule has 1 aromatic carbocycles. The molecule has 0 radical (unpaired) electrons. The Morgan fingerprint density at radius 1 is 1.47 bits per heavy atom. The molecular formula is C11H14F2N2. The maximum absolute atomic E-state index is 13.8. The average molecular weight is 212 g/mol. The number of alkyl halides is 1. The predicted octanol–water partition coefficient (Wildman–Crippen LogP) is 1.70. The van der Waals surface area contributed by atoms with Crippen molar-refractivity contribution in [2.45, 2.75) is 12.1 Å². The fraction of sp³-hybridized carbons (Fsp3) is 0.455. The first-order valence-electron chi connectivity index (χ1n) is 5.02. The molecule has 1 aromatic rings. The molecule has 4 heteroatoms. The van der Waals surface area contributed by atoms with E-state index in [1.54, 1.807) is 12.1 Å². The largest absolute Gasteiger partial charge is 0.368 e. The van der Waals surface area contributed by atoms with Gasteiger partial charge in [0.1, 0.15) is 11.5 Å². The Morgan fingerprint density at radius 3 is 2.87 bits per heavy atom. The number of nitrogens with two attached hydrogens (primary N) is 1. The van der Waals surface area contributed by atoms with E-state index >= 15 is 0 Å². The molecule has 1 aliphatic heterocycles. The zero-order valence-corrected chi connectivity index (χ0v) is 8.42. The maximum atomic E-state index is 13.8. The summed E-state index contributed by atoms with van der Waals surface area (Å²) in [5.74, 6) is -0.295. The third-order valence-corrected chi connectivity index (χ3v) is 2.84. The monoisotopic (exact) mass is 212 g/mol. The standard InChI is InChI=1S/C11H14F2N2/c12-9-2-1-3-10(6-9)15-5-4-11(13,7-14)8-15/h1-3,6H,4-5,7-8,14H2. The first-order valence-corrected chi connectivity index (χ1v) is 5.02. The van der Waals surface area contributed by atoms with Gasteiger partial charge in [0.05, 0.1) is 6.54 Å². The molecule has 82 valence electrons. The van der Waals surface area contributed by atoms with E-state index in [1.165, 1.54) is 12.1 Å². The van der Waals surface area contributed by atoms with Crippen LogP contribution in [0.15, 0.2) is 24.3 Å². The summed E-state index contributed by atoms with van der Waals surface area (Å²) in [5, 5.41) is 0. The number of nitrogens with zero attached hydrogens (tertiary/aromatic N) is 1. The Kier molecular flexibility index (Phi) is 2.61. The van der Waals surface area contributed by atoms with Gasteiger partial charge in [0.2, 0.25) is 0 Å². The molecule has 1 heterocycles. The summed E-state index contributed by atoms with van der Waals surface area (Å²) in [5.41, 5.74) is 4.77. The summed E-state index contributed by atoms with van der Waals surface area (Å²) in [6, 6.07) is 6.21. The Labute approximate surface area is 87.7 Å². The van der Waals surface area contributed by atoms with Crippen molar-refractivity contribution in [2.24, 2.45) is 5.73 Å². The van der Waals surface area contributed by atoms with Crippen molar-refractivity contribution in [1.29, 1.82) is 0 Å². The quantitative estimate of drug-likeness (QED) is 0.808. The molecule has 1 aliphatic rings. The van der Waals surface area contributed by atoms with Crippen LogP contribution in [0.1, 0.15) is 6.42 Å². The van der Waals surface area contributed by atoms with Crippen LogP contribution < -0.4 is 10.6 Å². The Morgan fingerprint density at radius 2 is 2.27 bits per heavy atom. The van der Waals surface area contributed by atoms with Gasteiger partial charge in [0.25, 0.3) is 0 Å². The van der Waals surface area contributed by atoms with Crippen molar-refractivity contribution in [2.75, 3.05) is 24.5 Å². The Balaban J connectivity index is 2.14. The van der Waals surface area contributed by atoms with E-state index in [-0.39, 0.29) is 18.9 Å². The molecule has 0 amide bonds. The van der Waals surface area contributed by atoms with Crippen molar-refractivity contribution >= 4 is 5.69 Å². The number of rotatable bonds is 2. The minimum Gasteiger partial charge on any atom is -0.368 e. The van der Waals surface area contributed by atoms with E-state index in [4.69, 9.17) is 5.73 Å². The highest BCUT2D eigenvalue weighted by Gasteiger charge is 2.37. The molecule has 0 saturated carbocycles. The molecule has 1 atom stereocenters. The van der Waals surface area contributed by atoms with E-state index < -0.39 is 5.67 Å². The molecule has 0 spiro atoms. The fourth-order valence-corrected chi connectivity index (χ4v) is 1.90. The van der Waals surface area contributed by atoms with Crippen molar-refractivity contribution in [1.82, 2.24) is 0 Å². The lowest BCUT2D eigenvalue weighted by atomic mass is 10.1. The number of hydrogen-bond acceptors (Lipinski definition) is 2. The van der Waals surface area contributed by atoms with E-state index in [0.717, 1.165) is 5.69 Å². The van der Waals surface area contributed by atoms with Gasteiger partial charge < -0.3 is 10.6 Å². The highest BCUT2D eigenvalue weighted by molar-refractivity contribution is 5.48. The topological polar surface area (TPSA) is 29.3 Å². The number of anilines is 1. The zero-order valence-electron chi connectivity index (χ0n) is 8.42. The molecule has 2 N–H and O–H groups in total. The fourth-order valence-electron chi connectivity index (χ4n) is 1.90. The van der Waals surface area contributed by atoms with Crippen LogP contribution in [0.2, 0.25) is 0 Å². The summed E-state index contributed by atoms with van der Waals surface area (Å²) in [4.78, 5) is 1.83. The van der Waals surface area contributed by atoms with E-state index in [9.17, 15) is 8.78 Å². The summed E-state index contributed by atoms with van der Waals surface area (Å²) in [6.45, 7) is 0.878. The van der Waals surface area contributed by atoms with Crippen LogP contribution in [0.25, 0.3) is 0 Å². The van der Waals surface area contributed by atoms with Gasteiger partial charge in [0.15, 0.2) is 0 Å². The second-order valence-electron chi connectivity index (χ2n) is 4.01. The number of benzene rings is 1. The molecule has 0 aromatic heterocycles. The summed E-state index contributed by atoms with van der Waals surface area (Å²) < 4.78 is 26.8. The minimum absolute atomic E-state index is 0.0266. The molecular weight excluding hydrogens is 198 g/mol. The first-order chi connectivity index (χ1) is 7.13. The van der Waals surface area contributed by atoms with Gasteiger partial charge in [-0.1, -0.05) is 6.07 Å². The molecule has 0 bridgehead atoms. The molecule has 0 aliphatic carbocycles. The van der Waals surface area contributed by atoms with Gasteiger partial charge in [-0.2, -0.15) is 0 Å². The first kappa shape index (κ1) is 10.4. The van der Waals surface area contributed by atoms with Crippen LogP contribution in [0, 0.1) is 5.82 Å². The van der Waals surface area contributed by atoms with Crippen molar-refractivity contribution in [3.63, 3.8) is 0 Å². The second-order valence-corrected chi connectivity index (χ2v) is 4.01. The molecule has 15 heavy (non-hydrogen) atoms. The van der Waals surface area contributed by atoms with Gasteiger partial charge >= 0.3 is 0 Å². The predicted molar refractivity (Wildman–Crippen MR) is 56.1 cm³/mol. The number of halogens is 2. The molecule has 1 fully saturated rings. The highest BCUT2D eigenvalue weighted by atomic mass is 19.1. The lowest BCUT2D eigenvalue weighted by Crippen LogP contribution is -2.36. The van der Waals surface area contributed by atoms with Gasteiger partial charge in [0, 0.05) is 25.2 Å². The third-order valence-electron chi connectivity index (χ3n) is 2.84. The van der Waals surface area contributed by atoms with E-state index in [0.29, 0.717) is 13.0 Å². The second kappa shape index (κ2) is 3.77. The van der Waals surface area contributed by atoms with Gasteiger partial charge in [-0.25, -0.2) is 8.78 Å². The van der Waals surface area contributed by atoms with Crippen LogP contribution in [-0.4, -0.2) is 25.3 Å². The molecule has 2 rings (SSSR count). The minimum atomic E-state index is -1.31. The van der Waals surface area contributed by atoms with Crippen LogP contribution in [0.5, 0.6) is 0 Å². The zero-order chi connectivity index (χ0) is 10.9. The molecule has 1 unspecified atom stereocenters. The maximum Gasteiger partial charge on any atom is 0.142 e. The summed E-state index contributed by atoms with van der Waals surface area (Å²) >= 11 is 0. The van der Waals surface area contributed by atoms with Gasteiger partial charge in [-0.05, 0) is 18.2 Å². The van der Waals surface area contributed by atoms with E-state index in [2.05, 4.69) is 0 Å². The van der Waals surface area contributed by atoms with Gasteiger partial charge in [-0.3, -0.25) is 0 Å². The highest BCUT2D eigenvalue weighted by Crippen LogP contribution is 2.29. The van der Waals surface area contributed by atoms with Crippen LogP contribution in [0.4, 0.5) is 14.5 Å². The normalized spacial score (nSPS) is 25.9. The SMILES string of the molecule is NCC1(F)CCN(c2cccc(F)c2)C1. The van der Waals surface area contributed by atoms with Crippen LogP contribution in [-0.2, 0) is 0 Å². The molecule has 1 saturated heterocycles. The van der Waals surface area contributed by atoms with Crippen molar-refractivity contribution < 1.29 is 8.78 Å². The summed E-state index contributed by atoms with van der Waals surface area (Å²) in [6.07, 6.45) is 0.417. The van der Waals surface area contributed by atoms with Gasteiger partial charge in [-0.15, -0.1) is 0 Å². The molecule has 2 nitrogen and oxygen atoms in total. The van der Waals surface area contributed by atoms with Crippen LogP contribution >= 0.6 is 0 Å². The van der Waals surface area contributed by atoms with Crippen molar-refractivity contribution in [3.05, 3.63) is 30.1 Å². The van der Waals surface area contributed by atoms with E-state index in [1.807, 2.05) is 4.90 Å². The smallest absolute Gasteiger partial charge is 0.142 e. The average Bonchev–Trinajstić information content (AvgIpc) is 2.62. The Bertz CT molecular complexity index is 356. The lowest BCUT2D eigenvalue weighted by molar-refractivity contribution is 0.204. The Hall–Kier alpha value is -1.16.